The first-order chi connectivity index (χ1) is 10.0. The maximum Gasteiger partial charge on any atom is 0.244 e. The Morgan fingerprint density at radius 1 is 1.38 bits per heavy atom. The zero-order valence-electron chi connectivity index (χ0n) is 12.0. The summed E-state index contributed by atoms with van der Waals surface area (Å²) < 4.78 is 0. The molecule has 0 aromatic heterocycles. The van der Waals surface area contributed by atoms with E-state index in [-0.39, 0.29) is 28.7 Å². The van der Waals surface area contributed by atoms with Crippen LogP contribution >= 0.6 is 0 Å². The summed E-state index contributed by atoms with van der Waals surface area (Å²) in [5, 5.41) is 22.5. The lowest BCUT2D eigenvalue weighted by Gasteiger charge is -2.15. The minimum absolute atomic E-state index is 0.0105. The molecule has 2 aliphatic carbocycles. The van der Waals surface area contributed by atoms with Gasteiger partial charge in [0.25, 0.3) is 0 Å². The van der Waals surface area contributed by atoms with Crippen molar-refractivity contribution in [2.75, 3.05) is 0 Å². The van der Waals surface area contributed by atoms with E-state index in [1.165, 1.54) is 31.2 Å². The largest absolute Gasteiger partial charge is 0.504 e. The van der Waals surface area contributed by atoms with E-state index < -0.39 is 0 Å². The molecule has 0 unspecified atom stereocenters. The summed E-state index contributed by atoms with van der Waals surface area (Å²) in [5.41, 5.74) is 3.39. The molecule has 2 fully saturated rings. The zero-order chi connectivity index (χ0) is 15.0. The number of rotatable bonds is 3. The number of hydrogen-bond donors (Lipinski definition) is 3. The van der Waals surface area contributed by atoms with Crippen molar-refractivity contribution in [1.82, 2.24) is 5.43 Å². The Hall–Kier alpha value is -2.04. The number of benzene rings is 1. The molecule has 5 nitrogen and oxygen atoms in total. The van der Waals surface area contributed by atoms with Crippen LogP contribution in [0.3, 0.4) is 0 Å². The van der Waals surface area contributed by atoms with E-state index in [1.54, 1.807) is 6.07 Å². The molecule has 0 spiro atoms. The van der Waals surface area contributed by atoms with E-state index in [0.29, 0.717) is 11.5 Å². The third-order valence-corrected chi connectivity index (χ3v) is 5.00. The highest BCUT2D eigenvalue weighted by molar-refractivity contribution is 5.86. The molecule has 2 aliphatic rings. The number of phenols is 2. The summed E-state index contributed by atoms with van der Waals surface area (Å²) in [5.74, 6) is 0.213. The van der Waals surface area contributed by atoms with E-state index in [9.17, 15) is 15.0 Å². The lowest BCUT2D eigenvalue weighted by Crippen LogP contribution is -2.22. The molecule has 0 heterocycles. The fraction of sp³-hybridized carbons (Fsp3) is 0.500. The molecule has 2 saturated carbocycles. The molecule has 0 bridgehead atoms. The van der Waals surface area contributed by atoms with Crippen molar-refractivity contribution in [2.45, 2.75) is 32.6 Å². The molecule has 5 heteroatoms. The van der Waals surface area contributed by atoms with Crippen LogP contribution in [0.4, 0.5) is 0 Å². The van der Waals surface area contributed by atoms with Gasteiger partial charge in [0.1, 0.15) is 0 Å². The third-order valence-electron chi connectivity index (χ3n) is 5.00. The third kappa shape index (κ3) is 2.48. The Bertz CT molecular complexity index is 599. The van der Waals surface area contributed by atoms with Gasteiger partial charge in [-0.3, -0.25) is 4.79 Å². The van der Waals surface area contributed by atoms with Gasteiger partial charge in [-0.05, 0) is 47.9 Å². The van der Waals surface area contributed by atoms with Crippen LogP contribution in [-0.2, 0) is 4.79 Å². The molecule has 21 heavy (non-hydrogen) atoms. The quantitative estimate of drug-likeness (QED) is 0.454. The number of fused-ring (bicyclic) bond motifs is 1. The maximum absolute atomic E-state index is 12.2. The summed E-state index contributed by atoms with van der Waals surface area (Å²) in [6.45, 7) is 2.20. The van der Waals surface area contributed by atoms with Crippen LogP contribution in [0.25, 0.3) is 0 Å². The highest BCUT2D eigenvalue weighted by atomic mass is 16.3. The Morgan fingerprint density at radius 3 is 2.86 bits per heavy atom. The number of carbonyl (C=O) groups excluding carboxylic acids is 1. The lowest BCUT2D eigenvalue weighted by molar-refractivity contribution is -0.123. The summed E-state index contributed by atoms with van der Waals surface area (Å²) in [6, 6.07) is 4.39. The normalized spacial score (nSPS) is 30.9. The number of nitrogens with one attached hydrogen (secondary N) is 1. The van der Waals surface area contributed by atoms with Gasteiger partial charge in [-0.2, -0.15) is 5.10 Å². The second kappa shape index (κ2) is 5.06. The molecular weight excluding hydrogens is 268 g/mol. The van der Waals surface area contributed by atoms with E-state index in [1.807, 2.05) is 0 Å². The van der Waals surface area contributed by atoms with Crippen molar-refractivity contribution in [1.29, 1.82) is 0 Å². The minimum Gasteiger partial charge on any atom is -0.504 e. The predicted molar refractivity (Wildman–Crippen MR) is 79.1 cm³/mol. The SMILES string of the molecule is C[C@@]12CCCC[C@H]1[C@@H]2C(=O)N/N=C\c1ccc(O)c(O)c1. The second-order valence-corrected chi connectivity index (χ2v) is 6.32. The summed E-state index contributed by atoms with van der Waals surface area (Å²) in [4.78, 5) is 12.2. The Balaban J connectivity index is 1.59. The first-order valence-corrected chi connectivity index (χ1v) is 7.37. The molecule has 112 valence electrons. The minimum atomic E-state index is -0.203. The molecular formula is C16H20N2O3. The van der Waals surface area contributed by atoms with Crippen LogP contribution in [0.5, 0.6) is 11.5 Å². The van der Waals surface area contributed by atoms with Gasteiger partial charge < -0.3 is 10.2 Å². The molecule has 1 aromatic carbocycles. The van der Waals surface area contributed by atoms with Crippen LogP contribution in [0, 0.1) is 17.3 Å². The topological polar surface area (TPSA) is 81.9 Å². The predicted octanol–water partition coefficient (Wildman–Crippen LogP) is 2.37. The van der Waals surface area contributed by atoms with Crippen LogP contribution in [-0.4, -0.2) is 22.3 Å². The first-order valence-electron chi connectivity index (χ1n) is 7.37. The summed E-state index contributed by atoms with van der Waals surface area (Å²) in [6.07, 6.45) is 6.17. The Morgan fingerprint density at radius 2 is 2.19 bits per heavy atom. The molecule has 1 amide bonds. The Labute approximate surface area is 123 Å². The van der Waals surface area contributed by atoms with Gasteiger partial charge in [-0.15, -0.1) is 0 Å². The Kier molecular flexibility index (Phi) is 3.35. The molecule has 1 aromatic rings. The van der Waals surface area contributed by atoms with Gasteiger partial charge in [0.05, 0.1) is 6.21 Å². The van der Waals surface area contributed by atoms with Gasteiger partial charge in [0.2, 0.25) is 5.91 Å². The number of hydrazone groups is 1. The van der Waals surface area contributed by atoms with Gasteiger partial charge in [-0.25, -0.2) is 5.43 Å². The van der Waals surface area contributed by atoms with Crippen LogP contribution in [0.15, 0.2) is 23.3 Å². The summed E-state index contributed by atoms with van der Waals surface area (Å²) in [7, 11) is 0. The van der Waals surface area contributed by atoms with Crippen LogP contribution < -0.4 is 5.43 Å². The van der Waals surface area contributed by atoms with Crippen molar-refractivity contribution in [3.8, 4) is 11.5 Å². The highest BCUT2D eigenvalue weighted by Gasteiger charge is 2.64. The number of aromatic hydroxyl groups is 2. The molecule has 0 aliphatic heterocycles. The molecule has 0 radical (unpaired) electrons. The molecule has 3 N–H and O–H groups in total. The van der Waals surface area contributed by atoms with Gasteiger partial charge in [-0.1, -0.05) is 19.8 Å². The van der Waals surface area contributed by atoms with Gasteiger partial charge in [0.15, 0.2) is 11.5 Å². The standard InChI is InChI=1S/C16H20N2O3/c1-16-7-3-2-4-11(16)14(16)15(21)18-17-9-10-5-6-12(19)13(20)8-10/h5-6,8-9,11,14,19-20H,2-4,7H2,1H3,(H,18,21)/b17-9-/t11-,14+,16+/m0/s1. The number of phenolic OH excluding ortho intramolecular Hbond substituents is 2. The average Bonchev–Trinajstić information content (AvgIpc) is 3.08. The number of hydrogen-bond acceptors (Lipinski definition) is 4. The lowest BCUT2D eigenvalue weighted by atomic mass is 9.90. The fourth-order valence-corrected chi connectivity index (χ4v) is 3.71. The fourth-order valence-electron chi connectivity index (χ4n) is 3.71. The van der Waals surface area contributed by atoms with Crippen LogP contribution in [0.1, 0.15) is 38.2 Å². The van der Waals surface area contributed by atoms with Crippen molar-refractivity contribution >= 4 is 12.1 Å². The van der Waals surface area contributed by atoms with Crippen molar-refractivity contribution in [3.05, 3.63) is 23.8 Å². The van der Waals surface area contributed by atoms with E-state index in [2.05, 4.69) is 17.5 Å². The summed E-state index contributed by atoms with van der Waals surface area (Å²) >= 11 is 0. The molecule has 3 atom stereocenters. The first kappa shape index (κ1) is 13.9. The molecule has 3 rings (SSSR count). The van der Waals surface area contributed by atoms with Gasteiger partial charge in [0, 0.05) is 5.92 Å². The van der Waals surface area contributed by atoms with Gasteiger partial charge >= 0.3 is 0 Å². The average molecular weight is 288 g/mol. The van der Waals surface area contributed by atoms with Crippen LogP contribution in [0.2, 0.25) is 0 Å². The zero-order valence-corrected chi connectivity index (χ0v) is 12.0. The smallest absolute Gasteiger partial charge is 0.244 e. The monoisotopic (exact) mass is 288 g/mol. The van der Waals surface area contributed by atoms with E-state index in [4.69, 9.17) is 0 Å². The number of amides is 1. The van der Waals surface area contributed by atoms with E-state index >= 15 is 0 Å². The van der Waals surface area contributed by atoms with Crippen molar-refractivity contribution in [2.24, 2.45) is 22.4 Å². The molecule has 0 saturated heterocycles. The number of carbonyl (C=O) groups is 1. The maximum atomic E-state index is 12.2. The van der Waals surface area contributed by atoms with Crippen molar-refractivity contribution in [3.63, 3.8) is 0 Å². The second-order valence-electron chi connectivity index (χ2n) is 6.32. The van der Waals surface area contributed by atoms with E-state index in [0.717, 1.165) is 12.8 Å². The number of nitrogens with zero attached hydrogens (tertiary/aromatic N) is 1. The van der Waals surface area contributed by atoms with Crippen molar-refractivity contribution < 1.29 is 15.0 Å². The highest BCUT2D eigenvalue weighted by Crippen LogP contribution is 2.66.